The first-order valence-electron chi connectivity index (χ1n) is 7.64. The Morgan fingerprint density at radius 1 is 1.33 bits per heavy atom. The number of anilines is 1. The number of pyridine rings is 1. The Morgan fingerprint density at radius 2 is 2.10 bits per heavy atom. The SMILES string of the molecule is CC1CCC(CN)(Nc2ccnc3cc(Cl)ccc23)CC1. The van der Waals surface area contributed by atoms with Crippen LogP contribution >= 0.6 is 11.6 Å². The summed E-state index contributed by atoms with van der Waals surface area (Å²) in [4.78, 5) is 4.40. The molecule has 1 aliphatic carbocycles. The maximum Gasteiger partial charge on any atom is 0.0737 e. The highest BCUT2D eigenvalue weighted by atomic mass is 35.5. The van der Waals surface area contributed by atoms with Gasteiger partial charge in [-0.2, -0.15) is 0 Å². The van der Waals surface area contributed by atoms with Crippen molar-refractivity contribution in [1.29, 1.82) is 0 Å². The molecule has 4 heteroatoms. The number of hydrogen-bond acceptors (Lipinski definition) is 3. The Morgan fingerprint density at radius 3 is 2.81 bits per heavy atom. The standard InChI is InChI=1S/C17H22ClN3/c1-12-4-7-17(11-19,8-5-12)21-15-6-9-20-16-10-13(18)2-3-14(15)16/h2-3,6,9-10,12H,4-5,7-8,11,19H2,1H3,(H,20,21). The topological polar surface area (TPSA) is 50.9 Å². The number of fused-ring (bicyclic) bond motifs is 1. The number of nitrogens with one attached hydrogen (secondary N) is 1. The van der Waals surface area contributed by atoms with Crippen molar-refractivity contribution in [3.05, 3.63) is 35.5 Å². The van der Waals surface area contributed by atoms with Crippen molar-refractivity contribution < 1.29 is 0 Å². The first kappa shape index (κ1) is 14.6. The van der Waals surface area contributed by atoms with Crippen LogP contribution in [0.1, 0.15) is 32.6 Å². The molecule has 0 spiro atoms. The lowest BCUT2D eigenvalue weighted by atomic mass is 9.77. The Bertz CT molecular complexity index is 633. The van der Waals surface area contributed by atoms with Crippen LogP contribution in [0, 0.1) is 5.92 Å². The average molecular weight is 304 g/mol. The number of nitrogens with two attached hydrogens (primary N) is 1. The smallest absolute Gasteiger partial charge is 0.0737 e. The number of nitrogens with zero attached hydrogens (tertiary/aromatic N) is 1. The van der Waals surface area contributed by atoms with Crippen molar-refractivity contribution in [2.24, 2.45) is 11.7 Å². The van der Waals surface area contributed by atoms with Crippen LogP contribution in [0.5, 0.6) is 0 Å². The molecule has 0 aliphatic heterocycles. The van der Waals surface area contributed by atoms with Gasteiger partial charge in [-0.25, -0.2) is 0 Å². The zero-order chi connectivity index (χ0) is 14.9. The predicted molar refractivity (Wildman–Crippen MR) is 89.8 cm³/mol. The van der Waals surface area contributed by atoms with Gasteiger partial charge in [-0.15, -0.1) is 0 Å². The first-order chi connectivity index (χ1) is 10.1. The molecule has 1 aliphatic rings. The molecule has 0 atom stereocenters. The van der Waals surface area contributed by atoms with E-state index in [1.165, 1.54) is 12.8 Å². The molecule has 0 amide bonds. The van der Waals surface area contributed by atoms with E-state index in [9.17, 15) is 0 Å². The molecule has 1 saturated carbocycles. The summed E-state index contributed by atoms with van der Waals surface area (Å²) in [7, 11) is 0. The van der Waals surface area contributed by atoms with Gasteiger partial charge in [-0.05, 0) is 55.9 Å². The van der Waals surface area contributed by atoms with Crippen LogP contribution in [0.2, 0.25) is 5.02 Å². The summed E-state index contributed by atoms with van der Waals surface area (Å²) in [6, 6.07) is 7.88. The summed E-state index contributed by atoms with van der Waals surface area (Å²) in [5, 5.41) is 5.54. The lowest BCUT2D eigenvalue weighted by Crippen LogP contribution is -2.48. The van der Waals surface area contributed by atoms with Gasteiger partial charge in [0.1, 0.15) is 0 Å². The second-order valence-electron chi connectivity index (χ2n) is 6.31. The maximum atomic E-state index is 6.10. The van der Waals surface area contributed by atoms with E-state index in [2.05, 4.69) is 17.2 Å². The highest BCUT2D eigenvalue weighted by molar-refractivity contribution is 6.31. The lowest BCUT2D eigenvalue weighted by Gasteiger charge is -2.40. The first-order valence-corrected chi connectivity index (χ1v) is 8.02. The molecular formula is C17H22ClN3. The van der Waals surface area contributed by atoms with E-state index in [0.717, 1.165) is 35.3 Å². The summed E-state index contributed by atoms with van der Waals surface area (Å²) in [6.07, 6.45) is 6.55. The fourth-order valence-electron chi connectivity index (χ4n) is 3.21. The molecule has 3 nitrogen and oxygen atoms in total. The van der Waals surface area contributed by atoms with Crippen LogP contribution < -0.4 is 11.1 Å². The van der Waals surface area contributed by atoms with E-state index in [4.69, 9.17) is 17.3 Å². The van der Waals surface area contributed by atoms with Gasteiger partial charge >= 0.3 is 0 Å². The second kappa shape index (κ2) is 5.82. The van der Waals surface area contributed by atoms with Crippen molar-refractivity contribution >= 4 is 28.2 Å². The lowest BCUT2D eigenvalue weighted by molar-refractivity contribution is 0.272. The zero-order valence-electron chi connectivity index (χ0n) is 12.4. The Balaban J connectivity index is 1.93. The summed E-state index contributed by atoms with van der Waals surface area (Å²) >= 11 is 6.05. The van der Waals surface area contributed by atoms with Crippen molar-refractivity contribution in [3.8, 4) is 0 Å². The molecule has 2 aromatic rings. The summed E-state index contributed by atoms with van der Waals surface area (Å²) in [5.41, 5.74) is 8.14. The van der Waals surface area contributed by atoms with Gasteiger partial charge in [0.05, 0.1) is 5.52 Å². The summed E-state index contributed by atoms with van der Waals surface area (Å²) in [5.74, 6) is 0.805. The monoisotopic (exact) mass is 303 g/mol. The van der Waals surface area contributed by atoms with E-state index in [1.54, 1.807) is 0 Å². The van der Waals surface area contributed by atoms with Crippen LogP contribution in [0.25, 0.3) is 10.9 Å². The molecule has 0 unspecified atom stereocenters. The molecule has 1 fully saturated rings. The minimum absolute atomic E-state index is 0.0143. The summed E-state index contributed by atoms with van der Waals surface area (Å²) in [6.45, 7) is 2.99. The quantitative estimate of drug-likeness (QED) is 0.893. The van der Waals surface area contributed by atoms with Crippen LogP contribution in [-0.2, 0) is 0 Å². The van der Waals surface area contributed by atoms with Crippen LogP contribution in [0.4, 0.5) is 5.69 Å². The molecular weight excluding hydrogens is 282 g/mol. The molecule has 0 radical (unpaired) electrons. The fraction of sp³-hybridized carbons (Fsp3) is 0.471. The van der Waals surface area contributed by atoms with Gasteiger partial charge in [0.15, 0.2) is 0 Å². The van der Waals surface area contributed by atoms with Gasteiger partial charge in [0.2, 0.25) is 0 Å². The fourth-order valence-corrected chi connectivity index (χ4v) is 3.38. The van der Waals surface area contributed by atoms with Crippen molar-refractivity contribution in [2.75, 3.05) is 11.9 Å². The largest absolute Gasteiger partial charge is 0.378 e. The van der Waals surface area contributed by atoms with Crippen LogP contribution in [0.3, 0.4) is 0 Å². The van der Waals surface area contributed by atoms with E-state index in [-0.39, 0.29) is 5.54 Å². The molecule has 1 aromatic heterocycles. The van der Waals surface area contributed by atoms with Crippen LogP contribution in [0.15, 0.2) is 30.5 Å². The van der Waals surface area contributed by atoms with E-state index in [1.807, 2.05) is 30.5 Å². The van der Waals surface area contributed by atoms with Gasteiger partial charge < -0.3 is 11.1 Å². The van der Waals surface area contributed by atoms with E-state index < -0.39 is 0 Å². The van der Waals surface area contributed by atoms with Crippen LogP contribution in [-0.4, -0.2) is 17.1 Å². The Hall–Kier alpha value is -1.32. The van der Waals surface area contributed by atoms with Crippen molar-refractivity contribution in [2.45, 2.75) is 38.1 Å². The Kier molecular flexibility index (Phi) is 4.05. The Labute approximate surface area is 130 Å². The minimum atomic E-state index is 0.0143. The minimum Gasteiger partial charge on any atom is -0.378 e. The maximum absolute atomic E-state index is 6.10. The molecule has 1 aromatic carbocycles. The number of rotatable bonds is 3. The molecule has 3 N–H and O–H groups in total. The third-order valence-corrected chi connectivity index (χ3v) is 4.96. The predicted octanol–water partition coefficient (Wildman–Crippen LogP) is 4.21. The van der Waals surface area contributed by atoms with Gasteiger partial charge in [0, 0.05) is 34.4 Å². The van der Waals surface area contributed by atoms with Crippen molar-refractivity contribution in [1.82, 2.24) is 4.98 Å². The third-order valence-electron chi connectivity index (χ3n) is 4.73. The van der Waals surface area contributed by atoms with Gasteiger partial charge in [-0.1, -0.05) is 18.5 Å². The molecule has 0 bridgehead atoms. The average Bonchev–Trinajstić information content (AvgIpc) is 2.50. The van der Waals surface area contributed by atoms with Gasteiger partial charge in [-0.3, -0.25) is 4.98 Å². The van der Waals surface area contributed by atoms with E-state index >= 15 is 0 Å². The summed E-state index contributed by atoms with van der Waals surface area (Å²) < 4.78 is 0. The third kappa shape index (κ3) is 2.99. The molecule has 0 saturated heterocycles. The second-order valence-corrected chi connectivity index (χ2v) is 6.75. The normalized spacial score (nSPS) is 26.0. The number of aromatic nitrogens is 1. The van der Waals surface area contributed by atoms with Crippen molar-refractivity contribution in [3.63, 3.8) is 0 Å². The number of hydrogen-bond donors (Lipinski definition) is 2. The highest BCUT2D eigenvalue weighted by Crippen LogP contribution is 2.35. The number of halogens is 1. The molecule has 3 rings (SSSR count). The van der Waals surface area contributed by atoms with Gasteiger partial charge in [0.25, 0.3) is 0 Å². The zero-order valence-corrected chi connectivity index (χ0v) is 13.2. The van der Waals surface area contributed by atoms with E-state index in [0.29, 0.717) is 11.6 Å². The number of benzene rings is 1. The molecule has 112 valence electrons. The molecule has 1 heterocycles. The highest BCUT2D eigenvalue weighted by Gasteiger charge is 2.33. The molecule has 21 heavy (non-hydrogen) atoms.